The third-order valence-corrected chi connectivity index (χ3v) is 5.41. The molecule has 1 aliphatic rings. The number of nitrogens with zero attached hydrogens (tertiary/aromatic N) is 1. The molecule has 1 fully saturated rings. The van der Waals surface area contributed by atoms with Gasteiger partial charge < -0.3 is 5.73 Å². The summed E-state index contributed by atoms with van der Waals surface area (Å²) >= 11 is 0. The molecule has 2 atom stereocenters. The SMILES string of the molecule is CC(C)CC(C)(CN)NS(=O)(=O)N1CCCC(C)C1. The molecule has 2 unspecified atom stereocenters. The molecule has 1 aliphatic heterocycles. The molecule has 1 heterocycles. The van der Waals surface area contributed by atoms with Crippen molar-refractivity contribution in [1.82, 2.24) is 9.03 Å². The first-order valence-electron chi connectivity index (χ1n) is 7.17. The zero-order chi connectivity index (χ0) is 14.7. The molecule has 0 aliphatic carbocycles. The summed E-state index contributed by atoms with van der Waals surface area (Å²) in [5, 5.41) is 0. The molecule has 114 valence electrons. The molecule has 0 bridgehead atoms. The zero-order valence-corrected chi connectivity index (χ0v) is 13.5. The zero-order valence-electron chi connectivity index (χ0n) is 12.6. The van der Waals surface area contributed by atoms with Gasteiger partial charge in [-0.3, -0.25) is 0 Å². The van der Waals surface area contributed by atoms with Crippen LogP contribution in [0.25, 0.3) is 0 Å². The van der Waals surface area contributed by atoms with Crippen molar-refractivity contribution >= 4 is 10.2 Å². The van der Waals surface area contributed by atoms with E-state index in [1.54, 1.807) is 4.31 Å². The summed E-state index contributed by atoms with van der Waals surface area (Å²) in [7, 11) is -3.43. The number of nitrogens with one attached hydrogen (secondary N) is 1. The molecular formula is C13H29N3O2S. The molecule has 3 N–H and O–H groups in total. The molecule has 5 nitrogen and oxygen atoms in total. The van der Waals surface area contributed by atoms with Crippen LogP contribution in [0, 0.1) is 11.8 Å². The van der Waals surface area contributed by atoms with Crippen molar-refractivity contribution in [2.75, 3.05) is 19.6 Å². The lowest BCUT2D eigenvalue weighted by Gasteiger charge is -2.36. The van der Waals surface area contributed by atoms with E-state index in [1.807, 2.05) is 6.92 Å². The number of piperidine rings is 1. The van der Waals surface area contributed by atoms with Gasteiger partial charge in [-0.15, -0.1) is 0 Å². The number of nitrogens with two attached hydrogens (primary N) is 1. The first-order chi connectivity index (χ1) is 8.68. The average Bonchev–Trinajstić information content (AvgIpc) is 2.27. The first kappa shape index (κ1) is 16.9. The molecule has 0 aromatic carbocycles. The Balaban J connectivity index is 2.76. The van der Waals surface area contributed by atoms with Crippen molar-refractivity contribution in [3.63, 3.8) is 0 Å². The van der Waals surface area contributed by atoms with Gasteiger partial charge >= 0.3 is 0 Å². The first-order valence-corrected chi connectivity index (χ1v) is 8.61. The molecule has 19 heavy (non-hydrogen) atoms. The van der Waals surface area contributed by atoms with E-state index < -0.39 is 15.7 Å². The maximum absolute atomic E-state index is 12.4. The molecular weight excluding hydrogens is 262 g/mol. The van der Waals surface area contributed by atoms with Crippen LogP contribution < -0.4 is 10.5 Å². The van der Waals surface area contributed by atoms with Crippen molar-refractivity contribution < 1.29 is 8.42 Å². The van der Waals surface area contributed by atoms with Crippen molar-refractivity contribution in [2.45, 2.75) is 52.5 Å². The topological polar surface area (TPSA) is 75.4 Å². The van der Waals surface area contributed by atoms with Gasteiger partial charge in [-0.25, -0.2) is 0 Å². The van der Waals surface area contributed by atoms with Gasteiger partial charge in [0, 0.05) is 25.2 Å². The Morgan fingerprint density at radius 3 is 2.58 bits per heavy atom. The highest BCUT2D eigenvalue weighted by molar-refractivity contribution is 7.87. The van der Waals surface area contributed by atoms with E-state index in [0.29, 0.717) is 31.5 Å². The van der Waals surface area contributed by atoms with Crippen LogP contribution in [-0.4, -0.2) is 37.9 Å². The monoisotopic (exact) mass is 291 g/mol. The van der Waals surface area contributed by atoms with E-state index >= 15 is 0 Å². The maximum atomic E-state index is 12.4. The number of hydrogen-bond donors (Lipinski definition) is 2. The Labute approximate surface area is 118 Å². The minimum absolute atomic E-state index is 0.313. The quantitative estimate of drug-likeness (QED) is 0.775. The highest BCUT2D eigenvalue weighted by atomic mass is 32.2. The van der Waals surface area contributed by atoms with Crippen LogP contribution in [0.3, 0.4) is 0 Å². The Hall–Kier alpha value is -0.170. The fraction of sp³-hybridized carbons (Fsp3) is 1.00. The lowest BCUT2D eigenvalue weighted by atomic mass is 9.92. The fourth-order valence-electron chi connectivity index (χ4n) is 2.81. The molecule has 1 saturated heterocycles. The van der Waals surface area contributed by atoms with E-state index in [0.717, 1.165) is 19.3 Å². The van der Waals surface area contributed by atoms with Gasteiger partial charge in [0.15, 0.2) is 0 Å². The molecule has 0 aromatic heterocycles. The van der Waals surface area contributed by atoms with Crippen molar-refractivity contribution in [3.05, 3.63) is 0 Å². The summed E-state index contributed by atoms with van der Waals surface area (Å²) in [4.78, 5) is 0. The van der Waals surface area contributed by atoms with Gasteiger partial charge in [-0.1, -0.05) is 20.8 Å². The molecule has 0 spiro atoms. The summed E-state index contributed by atoms with van der Waals surface area (Å²) in [6.45, 7) is 9.67. The van der Waals surface area contributed by atoms with E-state index in [9.17, 15) is 8.42 Å². The van der Waals surface area contributed by atoms with Crippen molar-refractivity contribution in [2.24, 2.45) is 17.6 Å². The second-order valence-electron chi connectivity index (χ2n) is 6.58. The standard InChI is InChI=1S/C13H29N3O2S/c1-11(2)8-13(4,10-14)15-19(17,18)16-7-5-6-12(3)9-16/h11-12,15H,5-10,14H2,1-4H3. The van der Waals surface area contributed by atoms with Crippen LogP contribution in [0.5, 0.6) is 0 Å². The van der Waals surface area contributed by atoms with Crippen LogP contribution >= 0.6 is 0 Å². The summed E-state index contributed by atoms with van der Waals surface area (Å²) in [6, 6.07) is 0. The van der Waals surface area contributed by atoms with Gasteiger partial charge in [-0.05, 0) is 38.0 Å². The van der Waals surface area contributed by atoms with E-state index in [2.05, 4.69) is 25.5 Å². The second kappa shape index (κ2) is 6.52. The molecule has 0 radical (unpaired) electrons. The van der Waals surface area contributed by atoms with Crippen LogP contribution in [0.2, 0.25) is 0 Å². The Bertz CT molecular complexity index is 383. The summed E-state index contributed by atoms with van der Waals surface area (Å²) in [5.41, 5.74) is 5.21. The number of hydrogen-bond acceptors (Lipinski definition) is 3. The van der Waals surface area contributed by atoms with Gasteiger partial charge in [0.2, 0.25) is 0 Å². The van der Waals surface area contributed by atoms with Gasteiger partial charge in [0.1, 0.15) is 0 Å². The minimum Gasteiger partial charge on any atom is -0.329 e. The van der Waals surface area contributed by atoms with Crippen LogP contribution in [0.1, 0.15) is 47.0 Å². The molecule has 0 aromatic rings. The maximum Gasteiger partial charge on any atom is 0.279 e. The van der Waals surface area contributed by atoms with E-state index in [-0.39, 0.29) is 0 Å². The smallest absolute Gasteiger partial charge is 0.279 e. The minimum atomic E-state index is -3.43. The van der Waals surface area contributed by atoms with Gasteiger partial charge in [0.05, 0.1) is 0 Å². The number of rotatable bonds is 6. The highest BCUT2D eigenvalue weighted by Crippen LogP contribution is 2.21. The van der Waals surface area contributed by atoms with Crippen LogP contribution in [0.4, 0.5) is 0 Å². The summed E-state index contributed by atoms with van der Waals surface area (Å²) in [5.74, 6) is 0.830. The van der Waals surface area contributed by atoms with Gasteiger partial charge in [0.25, 0.3) is 10.2 Å². The lowest BCUT2D eigenvalue weighted by Crippen LogP contribution is -2.57. The predicted octanol–water partition coefficient (Wildman–Crippen LogP) is 1.32. The van der Waals surface area contributed by atoms with E-state index in [1.165, 1.54) is 0 Å². The normalized spacial score (nSPS) is 25.5. The third-order valence-electron chi connectivity index (χ3n) is 3.64. The molecule has 1 rings (SSSR count). The largest absolute Gasteiger partial charge is 0.329 e. The van der Waals surface area contributed by atoms with Crippen molar-refractivity contribution in [1.29, 1.82) is 0 Å². The summed E-state index contributed by atoms with van der Waals surface area (Å²) in [6.07, 6.45) is 2.78. The molecule has 0 amide bonds. The lowest BCUT2D eigenvalue weighted by molar-refractivity contribution is 0.266. The highest BCUT2D eigenvalue weighted by Gasteiger charge is 2.34. The second-order valence-corrected chi connectivity index (χ2v) is 8.25. The van der Waals surface area contributed by atoms with E-state index in [4.69, 9.17) is 5.73 Å². The van der Waals surface area contributed by atoms with Crippen LogP contribution in [0.15, 0.2) is 0 Å². The third kappa shape index (κ3) is 5.02. The Morgan fingerprint density at radius 2 is 2.11 bits per heavy atom. The Kier molecular flexibility index (Phi) is 5.79. The van der Waals surface area contributed by atoms with Crippen molar-refractivity contribution in [3.8, 4) is 0 Å². The van der Waals surface area contributed by atoms with Crippen LogP contribution in [-0.2, 0) is 10.2 Å². The predicted molar refractivity (Wildman–Crippen MR) is 78.9 cm³/mol. The van der Waals surface area contributed by atoms with Gasteiger partial charge in [-0.2, -0.15) is 17.4 Å². The Morgan fingerprint density at radius 1 is 1.47 bits per heavy atom. The average molecular weight is 291 g/mol. The molecule has 6 heteroatoms. The molecule has 0 saturated carbocycles. The fourth-order valence-corrected chi connectivity index (χ4v) is 4.55. The summed E-state index contributed by atoms with van der Waals surface area (Å²) < 4.78 is 29.3.